The molecule has 0 saturated carbocycles. The van der Waals surface area contributed by atoms with E-state index in [1.807, 2.05) is 6.07 Å². The minimum Gasteiger partial charge on any atom is -0.508 e. The normalized spacial score (nSPS) is 13.9. The van der Waals surface area contributed by atoms with Gasteiger partial charge in [-0.1, -0.05) is 91.2 Å². The summed E-state index contributed by atoms with van der Waals surface area (Å²) in [5, 5.41) is 10.2. The lowest BCUT2D eigenvalue weighted by Crippen LogP contribution is -1.99. The molecule has 1 aromatic carbocycles. The van der Waals surface area contributed by atoms with Crippen molar-refractivity contribution < 1.29 is 5.11 Å². The summed E-state index contributed by atoms with van der Waals surface area (Å²) in [5.74, 6) is 1.53. The molecular weight excluding hydrogens is 280 g/mol. The molecule has 0 bridgehead atoms. The van der Waals surface area contributed by atoms with Gasteiger partial charge in [0.05, 0.1) is 0 Å². The van der Waals surface area contributed by atoms with E-state index in [4.69, 9.17) is 0 Å². The Morgan fingerprint density at radius 1 is 0.783 bits per heavy atom. The van der Waals surface area contributed by atoms with Gasteiger partial charge >= 0.3 is 0 Å². The van der Waals surface area contributed by atoms with Gasteiger partial charge in [0.1, 0.15) is 5.75 Å². The van der Waals surface area contributed by atoms with Gasteiger partial charge in [0.25, 0.3) is 0 Å². The van der Waals surface area contributed by atoms with Crippen LogP contribution in [0.15, 0.2) is 18.2 Å². The molecule has 0 saturated heterocycles. The van der Waals surface area contributed by atoms with Crippen LogP contribution in [0, 0.1) is 0 Å². The van der Waals surface area contributed by atoms with Crippen molar-refractivity contribution in [3.8, 4) is 5.75 Å². The molecule has 1 rings (SSSR count). The second-order valence-electron chi connectivity index (χ2n) is 7.32. The number of aromatic hydroxyl groups is 1. The van der Waals surface area contributed by atoms with E-state index in [0.29, 0.717) is 17.6 Å². The maximum atomic E-state index is 10.2. The highest BCUT2D eigenvalue weighted by molar-refractivity contribution is 5.39. The van der Waals surface area contributed by atoms with Crippen molar-refractivity contribution in [3.63, 3.8) is 0 Å². The van der Waals surface area contributed by atoms with Gasteiger partial charge in [0, 0.05) is 0 Å². The zero-order valence-corrected chi connectivity index (χ0v) is 15.9. The minimum absolute atomic E-state index is 0.457. The zero-order chi connectivity index (χ0) is 17.1. The first-order valence-electron chi connectivity index (χ1n) is 9.92. The van der Waals surface area contributed by atoms with E-state index in [-0.39, 0.29) is 0 Å². The van der Waals surface area contributed by atoms with Crippen LogP contribution in [-0.4, -0.2) is 5.11 Å². The Hall–Kier alpha value is -0.980. The van der Waals surface area contributed by atoms with Crippen molar-refractivity contribution >= 4 is 0 Å². The van der Waals surface area contributed by atoms with Gasteiger partial charge in [-0.05, 0) is 41.9 Å². The summed E-state index contributed by atoms with van der Waals surface area (Å²) in [6.07, 6.45) is 12.9. The Kier molecular flexibility index (Phi) is 10.1. The van der Waals surface area contributed by atoms with Crippen molar-refractivity contribution in [3.05, 3.63) is 29.3 Å². The summed E-state index contributed by atoms with van der Waals surface area (Å²) in [6.45, 7) is 9.10. The summed E-state index contributed by atoms with van der Waals surface area (Å²) >= 11 is 0. The molecule has 2 atom stereocenters. The largest absolute Gasteiger partial charge is 0.508 e. The van der Waals surface area contributed by atoms with E-state index in [2.05, 4.69) is 39.8 Å². The summed E-state index contributed by atoms with van der Waals surface area (Å²) in [5.41, 5.74) is 2.55. The molecule has 2 unspecified atom stereocenters. The first-order chi connectivity index (χ1) is 11.1. The molecular formula is C22H38O. The highest BCUT2D eigenvalue weighted by Gasteiger charge is 2.13. The fourth-order valence-corrected chi connectivity index (χ4v) is 3.35. The number of phenols is 1. The highest BCUT2D eigenvalue weighted by atomic mass is 16.3. The fourth-order valence-electron chi connectivity index (χ4n) is 3.35. The summed E-state index contributed by atoms with van der Waals surface area (Å²) in [7, 11) is 0. The number of unbranched alkanes of at least 4 members (excludes halogenated alkanes) is 6. The second kappa shape index (κ2) is 11.5. The Labute approximate surface area is 144 Å². The summed E-state index contributed by atoms with van der Waals surface area (Å²) < 4.78 is 0. The van der Waals surface area contributed by atoms with Gasteiger partial charge < -0.3 is 5.11 Å². The molecule has 0 aliphatic carbocycles. The third-order valence-electron chi connectivity index (χ3n) is 5.13. The number of hydrogen-bond acceptors (Lipinski definition) is 1. The maximum Gasteiger partial charge on any atom is 0.119 e. The number of rotatable bonds is 12. The predicted octanol–water partition coefficient (Wildman–Crippen LogP) is 7.54. The molecule has 0 aliphatic rings. The van der Waals surface area contributed by atoms with Gasteiger partial charge in [0.2, 0.25) is 0 Å². The molecule has 0 aliphatic heterocycles. The van der Waals surface area contributed by atoms with Crippen molar-refractivity contribution in [2.24, 2.45) is 0 Å². The quantitative estimate of drug-likeness (QED) is 0.395. The average Bonchev–Trinajstić information content (AvgIpc) is 2.55. The van der Waals surface area contributed by atoms with Gasteiger partial charge in [-0.25, -0.2) is 0 Å². The Morgan fingerprint density at radius 2 is 1.35 bits per heavy atom. The van der Waals surface area contributed by atoms with E-state index >= 15 is 0 Å². The van der Waals surface area contributed by atoms with E-state index in [1.165, 1.54) is 69.8 Å². The van der Waals surface area contributed by atoms with E-state index in [0.717, 1.165) is 5.56 Å². The first-order valence-corrected chi connectivity index (χ1v) is 9.92. The van der Waals surface area contributed by atoms with E-state index in [1.54, 1.807) is 0 Å². The Morgan fingerprint density at radius 3 is 1.91 bits per heavy atom. The van der Waals surface area contributed by atoms with Gasteiger partial charge in [-0.2, -0.15) is 0 Å². The Bertz CT molecular complexity index is 424. The monoisotopic (exact) mass is 318 g/mol. The summed E-state index contributed by atoms with van der Waals surface area (Å²) in [4.78, 5) is 0. The van der Waals surface area contributed by atoms with Crippen molar-refractivity contribution in [1.82, 2.24) is 0 Å². The van der Waals surface area contributed by atoms with Crippen LogP contribution in [0.25, 0.3) is 0 Å². The van der Waals surface area contributed by atoms with Crippen LogP contribution >= 0.6 is 0 Å². The van der Waals surface area contributed by atoms with E-state index < -0.39 is 0 Å². The minimum atomic E-state index is 0.457. The maximum absolute atomic E-state index is 10.2. The first kappa shape index (κ1) is 20.1. The smallest absolute Gasteiger partial charge is 0.119 e. The van der Waals surface area contributed by atoms with Crippen molar-refractivity contribution in [1.29, 1.82) is 0 Å². The molecule has 0 spiro atoms. The van der Waals surface area contributed by atoms with Crippen LogP contribution in [-0.2, 0) is 0 Å². The lowest BCUT2D eigenvalue weighted by molar-refractivity contribution is 0.456. The van der Waals surface area contributed by atoms with Crippen molar-refractivity contribution in [2.45, 2.75) is 104 Å². The molecule has 0 fully saturated rings. The average molecular weight is 319 g/mol. The third kappa shape index (κ3) is 7.42. The Balaban J connectivity index is 2.59. The molecule has 0 heterocycles. The number of phenolic OH excluding ortho intramolecular Hbond substituents is 1. The molecule has 1 aromatic rings. The van der Waals surface area contributed by atoms with Crippen LogP contribution in [0.1, 0.15) is 115 Å². The van der Waals surface area contributed by atoms with Crippen LogP contribution < -0.4 is 0 Å². The molecule has 1 heteroatoms. The predicted molar refractivity (Wildman–Crippen MR) is 102 cm³/mol. The van der Waals surface area contributed by atoms with Gasteiger partial charge in [-0.3, -0.25) is 0 Å². The van der Waals surface area contributed by atoms with Crippen LogP contribution in [0.3, 0.4) is 0 Å². The van der Waals surface area contributed by atoms with Crippen LogP contribution in [0.2, 0.25) is 0 Å². The van der Waals surface area contributed by atoms with E-state index in [9.17, 15) is 5.11 Å². The zero-order valence-electron chi connectivity index (χ0n) is 15.9. The standard InChI is InChI=1S/C22H38O/c1-5-7-9-11-13-18(3)20-15-16-22(23)21(17-20)19(4)14-12-10-8-6-2/h15-19,23H,5-14H2,1-4H3. The molecule has 0 aromatic heterocycles. The second-order valence-corrected chi connectivity index (χ2v) is 7.32. The third-order valence-corrected chi connectivity index (χ3v) is 5.13. The summed E-state index contributed by atoms with van der Waals surface area (Å²) in [6, 6.07) is 6.30. The molecule has 132 valence electrons. The fraction of sp³-hybridized carbons (Fsp3) is 0.727. The topological polar surface area (TPSA) is 20.2 Å². The van der Waals surface area contributed by atoms with Crippen LogP contribution in [0.4, 0.5) is 0 Å². The van der Waals surface area contributed by atoms with Crippen molar-refractivity contribution in [2.75, 3.05) is 0 Å². The number of benzene rings is 1. The lowest BCUT2D eigenvalue weighted by Gasteiger charge is -2.18. The molecule has 23 heavy (non-hydrogen) atoms. The van der Waals surface area contributed by atoms with Crippen LogP contribution in [0.5, 0.6) is 5.75 Å². The molecule has 1 N–H and O–H groups in total. The highest BCUT2D eigenvalue weighted by Crippen LogP contribution is 2.33. The molecule has 0 amide bonds. The SMILES string of the molecule is CCCCCCC(C)c1ccc(O)c(C(C)CCCCCC)c1. The van der Waals surface area contributed by atoms with Gasteiger partial charge in [-0.15, -0.1) is 0 Å². The molecule has 1 nitrogen and oxygen atoms in total. The number of hydrogen-bond donors (Lipinski definition) is 1. The lowest BCUT2D eigenvalue weighted by atomic mass is 9.88. The molecule has 0 radical (unpaired) electrons. The van der Waals surface area contributed by atoms with Gasteiger partial charge in [0.15, 0.2) is 0 Å².